The third kappa shape index (κ3) is 4.39. The quantitative estimate of drug-likeness (QED) is 0.345. The van der Waals surface area contributed by atoms with Crippen LogP contribution in [0.4, 0.5) is 4.39 Å². The summed E-state index contributed by atoms with van der Waals surface area (Å²) in [5.41, 5.74) is 1.00. The summed E-state index contributed by atoms with van der Waals surface area (Å²) < 4.78 is 25.2. The van der Waals surface area contributed by atoms with Crippen molar-refractivity contribution in [3.8, 4) is 5.75 Å². The number of hydrogen-bond donors (Lipinski definition) is 0. The second kappa shape index (κ2) is 8.29. The van der Waals surface area contributed by atoms with Crippen molar-refractivity contribution >= 4 is 45.1 Å². The van der Waals surface area contributed by atoms with E-state index in [4.69, 9.17) is 9.47 Å². The van der Waals surface area contributed by atoms with Crippen LogP contribution in [0.3, 0.4) is 0 Å². The van der Waals surface area contributed by atoms with Gasteiger partial charge in [0.25, 0.3) is 0 Å². The SMILES string of the molecule is COc1ccc(C(=O)COC(=O)CSc2nc3ccccc3s2)cc1F. The van der Waals surface area contributed by atoms with E-state index >= 15 is 0 Å². The molecule has 0 aliphatic carbocycles. The largest absolute Gasteiger partial charge is 0.494 e. The number of Topliss-reactive ketones (excluding diaryl/α,β-unsaturated/α-hetero) is 1. The Balaban J connectivity index is 1.50. The molecule has 5 nitrogen and oxygen atoms in total. The lowest BCUT2D eigenvalue weighted by Crippen LogP contribution is -2.15. The second-order valence-corrected chi connectivity index (χ2v) is 7.42. The van der Waals surface area contributed by atoms with Gasteiger partial charge < -0.3 is 9.47 Å². The van der Waals surface area contributed by atoms with Gasteiger partial charge in [-0.2, -0.15) is 0 Å². The zero-order chi connectivity index (χ0) is 18.5. The first-order valence-corrected chi connectivity index (χ1v) is 9.38. The van der Waals surface area contributed by atoms with Gasteiger partial charge >= 0.3 is 5.97 Å². The maximum Gasteiger partial charge on any atom is 0.316 e. The van der Waals surface area contributed by atoms with Crippen LogP contribution in [0.15, 0.2) is 46.8 Å². The summed E-state index contributed by atoms with van der Waals surface area (Å²) in [5, 5.41) is 0. The number of nitrogens with zero attached hydrogens (tertiary/aromatic N) is 1. The van der Waals surface area contributed by atoms with Gasteiger partial charge in [-0.25, -0.2) is 9.37 Å². The molecule has 1 heterocycles. The van der Waals surface area contributed by atoms with Crippen LogP contribution in [-0.4, -0.2) is 36.2 Å². The predicted octanol–water partition coefficient (Wildman–Crippen LogP) is 3.96. The highest BCUT2D eigenvalue weighted by atomic mass is 32.2. The molecular weight excluding hydrogens is 377 g/mol. The van der Waals surface area contributed by atoms with Crippen LogP contribution >= 0.6 is 23.1 Å². The number of aromatic nitrogens is 1. The van der Waals surface area contributed by atoms with Crippen LogP contribution in [0, 0.1) is 5.82 Å². The molecule has 0 saturated heterocycles. The number of methoxy groups -OCH3 is 1. The summed E-state index contributed by atoms with van der Waals surface area (Å²) in [6.45, 7) is -0.439. The molecule has 8 heteroatoms. The average molecular weight is 391 g/mol. The number of thiazole rings is 1. The Hall–Kier alpha value is -2.45. The fraction of sp³-hybridized carbons (Fsp3) is 0.167. The number of para-hydroxylation sites is 1. The van der Waals surface area contributed by atoms with Crippen molar-refractivity contribution in [2.75, 3.05) is 19.5 Å². The molecule has 0 N–H and O–H groups in total. The fourth-order valence-electron chi connectivity index (χ4n) is 2.14. The molecule has 3 rings (SSSR count). The first-order valence-electron chi connectivity index (χ1n) is 7.57. The molecule has 0 atom stereocenters. The molecule has 0 aliphatic heterocycles. The van der Waals surface area contributed by atoms with Crippen molar-refractivity contribution in [3.63, 3.8) is 0 Å². The first kappa shape index (κ1) is 18.3. The Morgan fingerprint density at radius 3 is 2.77 bits per heavy atom. The van der Waals surface area contributed by atoms with Gasteiger partial charge in [0.15, 0.2) is 28.3 Å². The summed E-state index contributed by atoms with van der Waals surface area (Å²) in [7, 11) is 1.34. The van der Waals surface area contributed by atoms with E-state index in [0.717, 1.165) is 20.6 Å². The molecule has 1 aromatic heterocycles. The van der Waals surface area contributed by atoms with Crippen LogP contribution in [0.2, 0.25) is 0 Å². The van der Waals surface area contributed by atoms with Crippen LogP contribution in [-0.2, 0) is 9.53 Å². The Labute approximate surface area is 157 Å². The first-order chi connectivity index (χ1) is 12.6. The van der Waals surface area contributed by atoms with Gasteiger partial charge in [0.05, 0.1) is 23.1 Å². The third-order valence-corrected chi connectivity index (χ3v) is 5.58. The van der Waals surface area contributed by atoms with Gasteiger partial charge in [0, 0.05) is 5.56 Å². The van der Waals surface area contributed by atoms with E-state index in [1.807, 2.05) is 24.3 Å². The number of halogens is 1. The standard InChI is InChI=1S/C18H14FNO4S2/c1-23-15-7-6-11(8-12(15)19)14(21)9-24-17(22)10-25-18-20-13-4-2-3-5-16(13)26-18/h2-8H,9-10H2,1H3. The number of ketones is 1. The minimum atomic E-state index is -0.643. The number of carbonyl (C=O) groups excluding carboxylic acids is 2. The highest BCUT2D eigenvalue weighted by Gasteiger charge is 2.14. The minimum Gasteiger partial charge on any atom is -0.494 e. The molecule has 0 aliphatic rings. The van der Waals surface area contributed by atoms with Gasteiger partial charge in [-0.15, -0.1) is 11.3 Å². The van der Waals surface area contributed by atoms with Crippen molar-refractivity contribution in [3.05, 3.63) is 53.8 Å². The summed E-state index contributed by atoms with van der Waals surface area (Å²) in [6.07, 6.45) is 0. The normalized spacial score (nSPS) is 10.7. The van der Waals surface area contributed by atoms with Crippen LogP contribution < -0.4 is 4.74 Å². The molecule has 0 bridgehead atoms. The van der Waals surface area contributed by atoms with Crippen LogP contribution in [0.5, 0.6) is 5.75 Å². The fourth-order valence-corrected chi connectivity index (χ4v) is 4.01. The zero-order valence-corrected chi connectivity index (χ0v) is 15.4. The molecule has 3 aromatic rings. The van der Waals surface area contributed by atoms with E-state index in [2.05, 4.69) is 4.98 Å². The maximum atomic E-state index is 13.6. The van der Waals surface area contributed by atoms with E-state index < -0.39 is 24.2 Å². The summed E-state index contributed by atoms with van der Waals surface area (Å²) in [4.78, 5) is 28.2. The molecule has 0 fully saturated rings. The number of carbonyl (C=O) groups is 2. The number of rotatable bonds is 7. The van der Waals surface area contributed by atoms with Crippen LogP contribution in [0.25, 0.3) is 10.2 Å². The molecule has 134 valence electrons. The van der Waals surface area contributed by atoms with Crippen molar-refractivity contribution in [1.82, 2.24) is 4.98 Å². The van der Waals surface area contributed by atoms with Gasteiger partial charge in [0.1, 0.15) is 0 Å². The molecule has 0 radical (unpaired) electrons. The molecular formula is C18H14FNO4S2. The molecule has 0 unspecified atom stereocenters. The predicted molar refractivity (Wildman–Crippen MR) is 98.6 cm³/mol. The molecule has 26 heavy (non-hydrogen) atoms. The van der Waals surface area contributed by atoms with E-state index in [-0.39, 0.29) is 17.1 Å². The highest BCUT2D eigenvalue weighted by molar-refractivity contribution is 8.01. The van der Waals surface area contributed by atoms with Gasteiger partial charge in [0.2, 0.25) is 0 Å². The van der Waals surface area contributed by atoms with Crippen molar-refractivity contribution < 1.29 is 23.5 Å². The summed E-state index contributed by atoms with van der Waals surface area (Å²) >= 11 is 2.74. The lowest BCUT2D eigenvalue weighted by atomic mass is 10.1. The highest BCUT2D eigenvalue weighted by Crippen LogP contribution is 2.29. The molecule has 0 saturated carbocycles. The van der Waals surface area contributed by atoms with Crippen molar-refractivity contribution in [2.45, 2.75) is 4.34 Å². The Morgan fingerprint density at radius 2 is 2.04 bits per heavy atom. The molecule has 0 amide bonds. The third-order valence-electron chi connectivity index (χ3n) is 3.43. The summed E-state index contributed by atoms with van der Waals surface area (Å²) in [6, 6.07) is 11.5. The number of hydrogen-bond acceptors (Lipinski definition) is 7. The minimum absolute atomic E-state index is 0.0457. The Kier molecular flexibility index (Phi) is 5.85. The van der Waals surface area contributed by atoms with E-state index in [1.165, 1.54) is 42.3 Å². The monoisotopic (exact) mass is 391 g/mol. The Morgan fingerprint density at radius 1 is 1.23 bits per heavy atom. The van der Waals surface area contributed by atoms with Gasteiger partial charge in [-0.1, -0.05) is 23.9 Å². The van der Waals surface area contributed by atoms with E-state index in [0.29, 0.717) is 0 Å². The average Bonchev–Trinajstić information content (AvgIpc) is 3.07. The smallest absolute Gasteiger partial charge is 0.316 e. The number of benzene rings is 2. The van der Waals surface area contributed by atoms with Gasteiger partial charge in [-0.3, -0.25) is 9.59 Å². The topological polar surface area (TPSA) is 65.5 Å². The Bertz CT molecular complexity index is 924. The van der Waals surface area contributed by atoms with Crippen molar-refractivity contribution in [2.24, 2.45) is 0 Å². The summed E-state index contributed by atoms with van der Waals surface area (Å²) in [5.74, 6) is -1.56. The number of esters is 1. The molecule has 2 aromatic carbocycles. The lowest BCUT2D eigenvalue weighted by Gasteiger charge is -2.06. The maximum absolute atomic E-state index is 13.6. The van der Waals surface area contributed by atoms with E-state index in [9.17, 15) is 14.0 Å². The lowest BCUT2D eigenvalue weighted by molar-refractivity contribution is -0.139. The number of fused-ring (bicyclic) bond motifs is 1. The van der Waals surface area contributed by atoms with Crippen molar-refractivity contribution in [1.29, 1.82) is 0 Å². The van der Waals surface area contributed by atoms with Crippen LogP contribution in [0.1, 0.15) is 10.4 Å². The number of ether oxygens (including phenoxy) is 2. The zero-order valence-electron chi connectivity index (χ0n) is 13.7. The van der Waals surface area contributed by atoms with E-state index in [1.54, 1.807) is 0 Å². The second-order valence-electron chi connectivity index (χ2n) is 5.17. The van der Waals surface area contributed by atoms with Gasteiger partial charge in [-0.05, 0) is 30.3 Å². The molecule has 0 spiro atoms. The number of thioether (sulfide) groups is 1.